The highest BCUT2D eigenvalue weighted by Crippen LogP contribution is 2.23. The number of hydrogen-bond acceptors (Lipinski definition) is 5. The topological polar surface area (TPSA) is 61.5 Å². The molecular formula is C21H24N4O2. The van der Waals surface area contributed by atoms with Crippen molar-refractivity contribution in [1.29, 1.82) is 0 Å². The molecule has 1 aliphatic heterocycles. The Morgan fingerprint density at radius 1 is 1.07 bits per heavy atom. The number of para-hydroxylation sites is 2. The monoisotopic (exact) mass is 364 g/mol. The molecule has 0 amide bonds. The van der Waals surface area contributed by atoms with Crippen LogP contribution in [0.15, 0.2) is 53.3 Å². The first-order valence-corrected chi connectivity index (χ1v) is 9.28. The van der Waals surface area contributed by atoms with Gasteiger partial charge in [0.2, 0.25) is 0 Å². The number of H-pyrrole nitrogens is 1. The van der Waals surface area contributed by atoms with Gasteiger partial charge in [0.25, 0.3) is 5.56 Å². The van der Waals surface area contributed by atoms with Gasteiger partial charge in [0.1, 0.15) is 5.82 Å². The van der Waals surface area contributed by atoms with Crippen molar-refractivity contribution in [2.24, 2.45) is 0 Å². The van der Waals surface area contributed by atoms with Crippen molar-refractivity contribution < 1.29 is 4.74 Å². The lowest BCUT2D eigenvalue weighted by molar-refractivity contribution is 0.122. The number of nitrogens with zero attached hydrogens (tertiary/aromatic N) is 3. The molecule has 0 radical (unpaired) electrons. The van der Waals surface area contributed by atoms with Crippen LogP contribution in [-0.2, 0) is 17.8 Å². The summed E-state index contributed by atoms with van der Waals surface area (Å²) in [4.78, 5) is 24.3. The molecule has 0 spiro atoms. The Kier molecular flexibility index (Phi) is 5.18. The van der Waals surface area contributed by atoms with Gasteiger partial charge in [0, 0.05) is 25.3 Å². The largest absolute Gasteiger partial charge is 0.378 e. The van der Waals surface area contributed by atoms with Crippen LogP contribution in [0.3, 0.4) is 0 Å². The van der Waals surface area contributed by atoms with Crippen molar-refractivity contribution >= 4 is 16.6 Å². The fourth-order valence-electron chi connectivity index (χ4n) is 3.57. The molecule has 1 aromatic heterocycles. The molecule has 6 heteroatoms. The number of aromatic amines is 1. The van der Waals surface area contributed by atoms with Gasteiger partial charge in [-0.15, -0.1) is 0 Å². The van der Waals surface area contributed by atoms with E-state index >= 15 is 0 Å². The first-order chi connectivity index (χ1) is 13.2. The lowest BCUT2D eigenvalue weighted by atomic mass is 10.1. The summed E-state index contributed by atoms with van der Waals surface area (Å²) < 4.78 is 5.47. The van der Waals surface area contributed by atoms with Crippen molar-refractivity contribution in [2.75, 3.05) is 38.3 Å². The van der Waals surface area contributed by atoms with E-state index < -0.39 is 0 Å². The summed E-state index contributed by atoms with van der Waals surface area (Å²) >= 11 is 0. The zero-order valence-corrected chi connectivity index (χ0v) is 15.5. The molecule has 0 unspecified atom stereocenters. The molecule has 27 heavy (non-hydrogen) atoms. The zero-order valence-electron chi connectivity index (χ0n) is 15.5. The fourth-order valence-corrected chi connectivity index (χ4v) is 3.57. The first-order valence-electron chi connectivity index (χ1n) is 9.28. The third-order valence-corrected chi connectivity index (χ3v) is 4.87. The second kappa shape index (κ2) is 7.90. The molecular weight excluding hydrogens is 340 g/mol. The summed E-state index contributed by atoms with van der Waals surface area (Å²) in [6, 6.07) is 15.9. The van der Waals surface area contributed by atoms with E-state index in [9.17, 15) is 4.79 Å². The molecule has 0 saturated carbocycles. The van der Waals surface area contributed by atoms with Gasteiger partial charge in [-0.25, -0.2) is 4.98 Å². The molecule has 6 nitrogen and oxygen atoms in total. The van der Waals surface area contributed by atoms with E-state index in [1.165, 1.54) is 11.3 Å². The summed E-state index contributed by atoms with van der Waals surface area (Å²) in [6.07, 6.45) is 0. The number of ether oxygens (including phenoxy) is 1. The van der Waals surface area contributed by atoms with Crippen LogP contribution >= 0.6 is 0 Å². The van der Waals surface area contributed by atoms with Gasteiger partial charge in [0.05, 0.1) is 30.7 Å². The Labute approximate surface area is 158 Å². The van der Waals surface area contributed by atoms with E-state index in [1.54, 1.807) is 6.07 Å². The second-order valence-corrected chi connectivity index (χ2v) is 6.93. The molecule has 2 aromatic carbocycles. The minimum atomic E-state index is -0.0854. The predicted molar refractivity (Wildman–Crippen MR) is 107 cm³/mol. The molecule has 1 saturated heterocycles. The molecule has 4 rings (SSSR count). The van der Waals surface area contributed by atoms with Gasteiger partial charge in [0.15, 0.2) is 0 Å². The number of fused-ring (bicyclic) bond motifs is 1. The standard InChI is InChI=1S/C21H24N4O2/c1-24(15-20-22-18-8-4-3-7-17(18)21(26)23-20)14-16-6-2-5-9-19(16)25-10-12-27-13-11-25/h2-9H,10-15H2,1H3,(H,22,23,26). The van der Waals surface area contributed by atoms with Crippen molar-refractivity contribution in [2.45, 2.75) is 13.1 Å². The van der Waals surface area contributed by atoms with Gasteiger partial charge in [-0.2, -0.15) is 0 Å². The summed E-state index contributed by atoms with van der Waals surface area (Å²) in [7, 11) is 2.05. The van der Waals surface area contributed by atoms with Crippen LogP contribution in [-0.4, -0.2) is 48.2 Å². The number of morpholine rings is 1. The maximum absolute atomic E-state index is 12.3. The Hall–Kier alpha value is -2.70. The Balaban J connectivity index is 1.52. The molecule has 1 fully saturated rings. The van der Waals surface area contributed by atoms with E-state index in [-0.39, 0.29) is 5.56 Å². The van der Waals surface area contributed by atoms with Crippen LogP contribution in [0.2, 0.25) is 0 Å². The van der Waals surface area contributed by atoms with Crippen molar-refractivity contribution in [3.8, 4) is 0 Å². The lowest BCUT2D eigenvalue weighted by Crippen LogP contribution is -2.37. The Morgan fingerprint density at radius 2 is 1.81 bits per heavy atom. The predicted octanol–water partition coefficient (Wildman–Crippen LogP) is 2.39. The highest BCUT2D eigenvalue weighted by Gasteiger charge is 2.15. The quantitative estimate of drug-likeness (QED) is 0.753. The van der Waals surface area contributed by atoms with Crippen LogP contribution < -0.4 is 10.5 Å². The molecule has 1 aliphatic rings. The number of benzene rings is 2. The third-order valence-electron chi connectivity index (χ3n) is 4.87. The minimum absolute atomic E-state index is 0.0854. The lowest BCUT2D eigenvalue weighted by Gasteiger charge is -2.31. The maximum Gasteiger partial charge on any atom is 0.258 e. The van der Waals surface area contributed by atoms with E-state index in [1.807, 2.05) is 25.2 Å². The summed E-state index contributed by atoms with van der Waals surface area (Å²) in [6.45, 7) is 4.74. The number of aromatic nitrogens is 2. The van der Waals surface area contributed by atoms with Crippen LogP contribution in [0.1, 0.15) is 11.4 Å². The summed E-state index contributed by atoms with van der Waals surface area (Å²) in [5.41, 5.74) is 3.17. The molecule has 3 aromatic rings. The minimum Gasteiger partial charge on any atom is -0.378 e. The molecule has 0 atom stereocenters. The van der Waals surface area contributed by atoms with E-state index in [0.29, 0.717) is 17.8 Å². The molecule has 1 N–H and O–H groups in total. The van der Waals surface area contributed by atoms with Gasteiger partial charge in [-0.1, -0.05) is 30.3 Å². The van der Waals surface area contributed by atoms with Gasteiger partial charge in [-0.3, -0.25) is 9.69 Å². The number of nitrogens with one attached hydrogen (secondary N) is 1. The second-order valence-electron chi connectivity index (χ2n) is 6.93. The van der Waals surface area contributed by atoms with E-state index in [0.717, 1.165) is 38.4 Å². The average Bonchev–Trinajstić information content (AvgIpc) is 2.69. The van der Waals surface area contributed by atoms with Gasteiger partial charge >= 0.3 is 0 Å². The number of rotatable bonds is 5. The first kappa shape index (κ1) is 17.7. The van der Waals surface area contributed by atoms with Gasteiger partial charge < -0.3 is 14.6 Å². The highest BCUT2D eigenvalue weighted by atomic mass is 16.5. The van der Waals surface area contributed by atoms with Crippen molar-refractivity contribution in [1.82, 2.24) is 14.9 Å². The van der Waals surface area contributed by atoms with Crippen LogP contribution in [0, 0.1) is 0 Å². The maximum atomic E-state index is 12.3. The summed E-state index contributed by atoms with van der Waals surface area (Å²) in [5.74, 6) is 0.685. The van der Waals surface area contributed by atoms with Crippen LogP contribution in [0.25, 0.3) is 10.9 Å². The molecule has 2 heterocycles. The van der Waals surface area contributed by atoms with Gasteiger partial charge in [-0.05, 0) is 30.8 Å². The van der Waals surface area contributed by atoms with Crippen LogP contribution in [0.4, 0.5) is 5.69 Å². The smallest absolute Gasteiger partial charge is 0.258 e. The number of anilines is 1. The SMILES string of the molecule is CN(Cc1nc2ccccc2c(=O)[nH]1)Cc1ccccc1N1CCOCC1. The number of hydrogen-bond donors (Lipinski definition) is 1. The normalized spacial score (nSPS) is 14.8. The Morgan fingerprint density at radius 3 is 2.67 bits per heavy atom. The Bertz CT molecular complexity index is 979. The third kappa shape index (κ3) is 4.02. The molecule has 0 aliphatic carbocycles. The average molecular weight is 364 g/mol. The van der Waals surface area contributed by atoms with Crippen molar-refractivity contribution in [3.05, 3.63) is 70.3 Å². The van der Waals surface area contributed by atoms with E-state index in [2.05, 4.69) is 44.0 Å². The zero-order chi connectivity index (χ0) is 18.6. The fraction of sp³-hybridized carbons (Fsp3) is 0.333. The van der Waals surface area contributed by atoms with E-state index in [4.69, 9.17) is 4.74 Å². The van der Waals surface area contributed by atoms with Crippen LogP contribution in [0.5, 0.6) is 0 Å². The molecule has 140 valence electrons. The molecule has 0 bridgehead atoms. The highest BCUT2D eigenvalue weighted by molar-refractivity contribution is 5.77. The summed E-state index contributed by atoms with van der Waals surface area (Å²) in [5, 5.41) is 0.626. The van der Waals surface area contributed by atoms with Crippen molar-refractivity contribution in [3.63, 3.8) is 0 Å².